The topological polar surface area (TPSA) is 40.7 Å². The molecule has 7 heterocycles. The summed E-state index contributed by atoms with van der Waals surface area (Å²) >= 11 is 3.54. The first-order chi connectivity index (χ1) is 36.8. The molecule has 0 unspecified atom stereocenters. The van der Waals surface area contributed by atoms with Crippen LogP contribution < -0.4 is 34.0 Å². The molecule has 15 rings (SSSR count). The van der Waals surface area contributed by atoms with Crippen LogP contribution in [0.3, 0.4) is 0 Å². The average Bonchev–Trinajstić information content (AvgIpc) is 4.24. The molecule has 7 nitrogen and oxygen atoms in total. The van der Waals surface area contributed by atoms with Gasteiger partial charge in [0, 0.05) is 56.6 Å². The molecule has 0 spiro atoms. The van der Waals surface area contributed by atoms with Crippen molar-refractivity contribution in [3.8, 4) is 33.8 Å². The smallest absolute Gasteiger partial charge is 0.231 e. The van der Waals surface area contributed by atoms with Crippen LogP contribution in [0, 0.1) is 35.2 Å². The minimum absolute atomic E-state index is 0.224. The molecule has 370 valence electrons. The van der Waals surface area contributed by atoms with Gasteiger partial charge in [-0.2, -0.15) is 0 Å². The summed E-state index contributed by atoms with van der Waals surface area (Å²) in [5.41, 5.74) is 19.9. The third-order valence-corrected chi connectivity index (χ3v) is 15.8. The van der Waals surface area contributed by atoms with Crippen LogP contribution in [-0.4, -0.2) is 6.79 Å². The number of rotatable bonds is 0. The highest BCUT2D eigenvalue weighted by molar-refractivity contribution is 7.15. The van der Waals surface area contributed by atoms with Crippen molar-refractivity contribution in [2.75, 3.05) is 6.79 Å². The van der Waals surface area contributed by atoms with Crippen LogP contribution >= 0.6 is 22.7 Å². The fourth-order valence-corrected chi connectivity index (χ4v) is 11.8. The van der Waals surface area contributed by atoms with Gasteiger partial charge in [-0.3, -0.25) is 0 Å². The van der Waals surface area contributed by atoms with E-state index >= 15 is 0 Å². The average molecular weight is 1020 g/mol. The molecule has 0 radical (unpaired) electrons. The number of hydrogen-bond acceptors (Lipinski definition) is 4. The molecule has 75 heavy (non-hydrogen) atoms. The SMILES string of the molecule is [CH2-][NH+]1c2ccccc2-c2ccccc21.[CH2-][NH+]1c2ccccc2-c2ccccc21.[CH2-][NH+]1c2ccccc2C=Cc2ccccc21.[CH2-][NH+]1c2ccccc2OCOc2ccccc21.[CH2-][NH+]1c2sccc2C=Cc2ccsc21. The zero-order valence-electron chi connectivity index (χ0n) is 41.5. The Balaban J connectivity index is 0.000000101. The van der Waals surface area contributed by atoms with Crippen LogP contribution in [0.4, 0.5) is 55.5 Å². The first kappa shape index (κ1) is 49.3. The Morgan fingerprint density at radius 1 is 0.280 bits per heavy atom. The van der Waals surface area contributed by atoms with Gasteiger partial charge in [-0.05, 0) is 132 Å². The molecule has 2 aromatic heterocycles. The van der Waals surface area contributed by atoms with Crippen LogP contribution in [0.1, 0.15) is 22.3 Å². The number of para-hydroxylation sites is 10. The lowest BCUT2D eigenvalue weighted by atomic mass is 10.1. The number of ether oxygens (including phenoxy) is 2. The molecular weight excluding hydrogens is 959 g/mol. The zero-order valence-corrected chi connectivity index (χ0v) is 43.1. The van der Waals surface area contributed by atoms with Crippen LogP contribution in [-0.2, 0) is 0 Å². The van der Waals surface area contributed by atoms with Gasteiger partial charge >= 0.3 is 0 Å². The van der Waals surface area contributed by atoms with Crippen molar-refractivity contribution in [1.82, 2.24) is 0 Å². The molecule has 10 aromatic rings. The molecule has 9 heteroatoms. The molecule has 0 aliphatic carbocycles. The highest BCUT2D eigenvalue weighted by Crippen LogP contribution is 2.38. The normalized spacial score (nSPS) is 14.3. The number of hydrogen-bond donors (Lipinski definition) is 5. The van der Waals surface area contributed by atoms with E-state index in [1.165, 1.54) is 93.5 Å². The standard InChI is InChI=1S/C15H13N.C14H13NO2.2C13H11N.C11H9NS2/c1-16-14-8-4-2-6-12(14)10-11-13-7-3-5-9-15(13)16;1-15-11-6-2-4-8-13(11)16-10-17-14-9-5-3-7-12(14)15;2*1-14-12-8-4-2-6-10(12)11-7-3-5-9-13(11)14;1-12-10-8(4-6-13-10)2-3-9-5-7-14-11(9)12/h2-11,16H,1H2;2-9,15H,1,10H2;2*2-9,14H,1H2;2-7,12H,1H2. The summed E-state index contributed by atoms with van der Waals surface area (Å²) in [6, 6.07) is 70.6. The lowest BCUT2D eigenvalue weighted by Crippen LogP contribution is -2.96. The van der Waals surface area contributed by atoms with Gasteiger partial charge in [0.05, 0.1) is 0 Å². The van der Waals surface area contributed by atoms with Gasteiger partial charge in [-0.15, -0.1) is 35.2 Å². The third kappa shape index (κ3) is 10.1. The lowest BCUT2D eigenvalue weighted by Gasteiger charge is -2.26. The zero-order chi connectivity index (χ0) is 51.3. The van der Waals surface area contributed by atoms with Gasteiger partial charge < -0.3 is 34.0 Å². The summed E-state index contributed by atoms with van der Waals surface area (Å²) in [6.07, 6.45) is 8.67. The molecule has 0 atom stereocenters. The Hall–Kier alpha value is -7.96. The van der Waals surface area contributed by atoms with Crippen molar-refractivity contribution >= 4 is 102 Å². The first-order valence-electron chi connectivity index (χ1n) is 24.8. The van der Waals surface area contributed by atoms with E-state index in [2.05, 4.69) is 228 Å². The van der Waals surface area contributed by atoms with Gasteiger partial charge in [0.1, 0.15) is 34.1 Å². The Bertz CT molecular complexity index is 3360. The van der Waals surface area contributed by atoms with Crippen LogP contribution in [0.25, 0.3) is 46.6 Å². The maximum Gasteiger partial charge on any atom is 0.231 e. The quantitative estimate of drug-likeness (QED) is 0.0983. The molecule has 8 aromatic carbocycles. The molecular formula is C66H57N5O2S2. The molecule has 5 aliphatic rings. The summed E-state index contributed by atoms with van der Waals surface area (Å²) in [4.78, 5) is 5.50. The first-order valence-corrected chi connectivity index (χ1v) is 26.6. The predicted molar refractivity (Wildman–Crippen MR) is 310 cm³/mol. The van der Waals surface area contributed by atoms with E-state index in [1.54, 1.807) is 22.7 Å². The molecule has 5 aliphatic heterocycles. The van der Waals surface area contributed by atoms with Crippen molar-refractivity contribution in [2.24, 2.45) is 0 Å². The van der Waals surface area contributed by atoms with Gasteiger partial charge in [0.15, 0.2) is 32.9 Å². The van der Waals surface area contributed by atoms with E-state index in [-0.39, 0.29) is 6.79 Å². The van der Waals surface area contributed by atoms with E-state index < -0.39 is 0 Å². The van der Waals surface area contributed by atoms with Gasteiger partial charge in [0.25, 0.3) is 0 Å². The van der Waals surface area contributed by atoms with Crippen molar-refractivity contribution in [3.63, 3.8) is 0 Å². The van der Waals surface area contributed by atoms with E-state index in [4.69, 9.17) is 9.47 Å². The Kier molecular flexibility index (Phi) is 14.6. The second kappa shape index (κ2) is 22.3. The van der Waals surface area contributed by atoms with Crippen molar-refractivity contribution < 1.29 is 34.0 Å². The summed E-state index contributed by atoms with van der Waals surface area (Å²) in [6.45, 7) is 0.224. The number of nitrogens with one attached hydrogen (secondary N) is 5. The fraction of sp³-hybridized carbons (Fsp3) is 0.0152. The number of fused-ring (bicyclic) bond motifs is 12. The largest absolute Gasteiger partial charge is 0.451 e. The van der Waals surface area contributed by atoms with Crippen LogP contribution in [0.2, 0.25) is 0 Å². The second-order valence-electron chi connectivity index (χ2n) is 18.2. The number of quaternary nitrogens is 5. The van der Waals surface area contributed by atoms with E-state index in [9.17, 15) is 0 Å². The maximum absolute atomic E-state index is 5.57. The predicted octanol–water partition coefficient (Wildman–Crippen LogP) is 12.4. The van der Waals surface area contributed by atoms with E-state index in [0.717, 1.165) is 42.5 Å². The molecule has 0 bridgehead atoms. The van der Waals surface area contributed by atoms with E-state index in [0.29, 0.717) is 0 Å². The van der Waals surface area contributed by atoms with Crippen LogP contribution in [0.5, 0.6) is 11.5 Å². The van der Waals surface area contributed by atoms with Crippen molar-refractivity contribution in [2.45, 2.75) is 0 Å². The third-order valence-electron chi connectivity index (χ3n) is 13.8. The summed E-state index contributed by atoms with van der Waals surface area (Å²) < 4.78 is 11.1. The summed E-state index contributed by atoms with van der Waals surface area (Å²) in [5, 5.41) is 6.86. The number of thiophene rings is 2. The Labute approximate surface area is 449 Å². The van der Waals surface area contributed by atoms with Gasteiger partial charge in [-0.1, -0.05) is 120 Å². The maximum atomic E-state index is 5.57. The number of benzene rings is 8. The van der Waals surface area contributed by atoms with E-state index in [1.807, 2.05) is 48.5 Å². The minimum Gasteiger partial charge on any atom is -0.451 e. The molecule has 0 fully saturated rings. The Morgan fingerprint density at radius 3 is 0.947 bits per heavy atom. The monoisotopic (exact) mass is 1020 g/mol. The molecule has 0 amide bonds. The summed E-state index contributed by atoms with van der Waals surface area (Å²) in [7, 11) is 20.8. The second-order valence-corrected chi connectivity index (χ2v) is 20.1. The Morgan fingerprint density at radius 2 is 0.560 bits per heavy atom. The summed E-state index contributed by atoms with van der Waals surface area (Å²) in [5.74, 6) is 1.62. The van der Waals surface area contributed by atoms with Crippen molar-refractivity contribution in [3.05, 3.63) is 275 Å². The van der Waals surface area contributed by atoms with Crippen molar-refractivity contribution in [1.29, 1.82) is 0 Å². The van der Waals surface area contributed by atoms with Gasteiger partial charge in [0.2, 0.25) is 6.79 Å². The molecule has 0 saturated carbocycles. The highest BCUT2D eigenvalue weighted by Gasteiger charge is 2.26. The molecule has 5 N–H and O–H groups in total. The highest BCUT2D eigenvalue weighted by atomic mass is 32.1. The minimum atomic E-state index is 0.224. The molecule has 0 saturated heterocycles. The van der Waals surface area contributed by atoms with Gasteiger partial charge in [-0.25, -0.2) is 0 Å². The van der Waals surface area contributed by atoms with Crippen LogP contribution in [0.15, 0.2) is 217 Å². The fourth-order valence-electron chi connectivity index (χ4n) is 10.0. The lowest BCUT2D eigenvalue weighted by molar-refractivity contribution is -0.706.